The molecule has 5 atom stereocenters. The number of carbonyl (C=O) groups excluding carboxylic acids is 1. The maximum Gasteiger partial charge on any atom is 0.331 e. The Labute approximate surface area is 204 Å². The lowest BCUT2D eigenvalue weighted by Crippen LogP contribution is -2.44. The normalized spacial score (nSPS) is 29.7. The molecule has 1 aromatic carbocycles. The number of carbonyl (C=O) groups is 1. The summed E-state index contributed by atoms with van der Waals surface area (Å²) in [6.45, 7) is 4.58. The Hall–Kier alpha value is -1.63. The summed E-state index contributed by atoms with van der Waals surface area (Å²) in [6, 6.07) is 6.74. The van der Waals surface area contributed by atoms with Gasteiger partial charge in [0.15, 0.2) is 0 Å². The first-order valence-corrected chi connectivity index (χ1v) is 13.2. The van der Waals surface area contributed by atoms with E-state index < -0.39 is 0 Å². The quantitative estimate of drug-likeness (QED) is 0.351. The summed E-state index contributed by atoms with van der Waals surface area (Å²) in [5.74, 6) is 2.80. The molecular weight excluding hydrogens is 432 g/mol. The molecule has 3 aliphatic carbocycles. The summed E-state index contributed by atoms with van der Waals surface area (Å²) >= 11 is 0. The second-order valence-electron chi connectivity index (χ2n) is 10.5. The molecule has 0 saturated heterocycles. The van der Waals surface area contributed by atoms with E-state index in [2.05, 4.69) is 29.9 Å². The Kier molecular flexibility index (Phi) is 8.89. The first kappa shape index (κ1) is 25.5. The molecule has 6 heteroatoms. The van der Waals surface area contributed by atoms with Gasteiger partial charge in [0.25, 0.3) is 0 Å². The zero-order chi connectivity index (χ0) is 24.0. The zero-order valence-corrected chi connectivity index (χ0v) is 20.9. The lowest BCUT2D eigenvalue weighted by Gasteiger charge is -2.50. The lowest BCUT2D eigenvalue weighted by atomic mass is 9.55. The Bertz CT molecular complexity index is 810. The SMILES string of the molecule is COC(=O)COCCCCOc1ccc2c(c1)CCC1C2CCC2(C)C(OCCCO)CCC12. The van der Waals surface area contributed by atoms with E-state index in [1.807, 2.05) is 0 Å². The number of fused-ring (bicyclic) bond motifs is 5. The largest absolute Gasteiger partial charge is 0.494 e. The molecule has 1 N–H and O–H groups in total. The molecule has 0 bridgehead atoms. The van der Waals surface area contributed by atoms with Crippen LogP contribution in [-0.4, -0.2) is 57.3 Å². The van der Waals surface area contributed by atoms with Crippen LogP contribution in [0.4, 0.5) is 0 Å². The fourth-order valence-corrected chi connectivity index (χ4v) is 6.87. The smallest absolute Gasteiger partial charge is 0.331 e. The average molecular weight is 475 g/mol. The van der Waals surface area contributed by atoms with E-state index in [9.17, 15) is 4.79 Å². The third kappa shape index (κ3) is 5.60. The van der Waals surface area contributed by atoms with Crippen molar-refractivity contribution in [3.63, 3.8) is 0 Å². The van der Waals surface area contributed by atoms with Crippen molar-refractivity contribution >= 4 is 5.97 Å². The van der Waals surface area contributed by atoms with Crippen LogP contribution in [0, 0.1) is 17.3 Å². The third-order valence-electron chi connectivity index (χ3n) is 8.63. The van der Waals surface area contributed by atoms with E-state index >= 15 is 0 Å². The van der Waals surface area contributed by atoms with Gasteiger partial charge in [0, 0.05) is 19.8 Å². The Morgan fingerprint density at radius 3 is 2.76 bits per heavy atom. The van der Waals surface area contributed by atoms with Gasteiger partial charge in [0.2, 0.25) is 0 Å². The molecule has 34 heavy (non-hydrogen) atoms. The van der Waals surface area contributed by atoms with Crippen LogP contribution in [0.2, 0.25) is 0 Å². The van der Waals surface area contributed by atoms with Gasteiger partial charge in [0.1, 0.15) is 12.4 Å². The minimum Gasteiger partial charge on any atom is -0.494 e. The van der Waals surface area contributed by atoms with Crippen LogP contribution in [0.5, 0.6) is 5.75 Å². The first-order chi connectivity index (χ1) is 16.6. The number of unbranched alkanes of at least 4 members (excludes halogenated alkanes) is 1. The van der Waals surface area contributed by atoms with Crippen molar-refractivity contribution in [3.05, 3.63) is 29.3 Å². The average Bonchev–Trinajstić information content (AvgIpc) is 3.19. The van der Waals surface area contributed by atoms with Crippen LogP contribution in [0.1, 0.15) is 75.3 Å². The molecule has 2 fully saturated rings. The first-order valence-electron chi connectivity index (χ1n) is 13.2. The zero-order valence-electron chi connectivity index (χ0n) is 20.9. The molecule has 3 aliphatic rings. The van der Waals surface area contributed by atoms with Gasteiger partial charge >= 0.3 is 5.97 Å². The van der Waals surface area contributed by atoms with Crippen molar-refractivity contribution in [2.75, 3.05) is 40.1 Å². The molecule has 0 amide bonds. The number of hydrogen-bond donors (Lipinski definition) is 1. The minimum atomic E-state index is -0.339. The van der Waals surface area contributed by atoms with E-state index in [-0.39, 0.29) is 24.6 Å². The molecule has 0 heterocycles. The van der Waals surface area contributed by atoms with Gasteiger partial charge in [-0.25, -0.2) is 4.79 Å². The summed E-state index contributed by atoms with van der Waals surface area (Å²) in [5.41, 5.74) is 3.31. The molecule has 0 aromatic heterocycles. The minimum absolute atomic E-state index is 0.0156. The van der Waals surface area contributed by atoms with Crippen molar-refractivity contribution in [2.24, 2.45) is 17.3 Å². The molecule has 2 saturated carbocycles. The molecule has 0 spiro atoms. The van der Waals surface area contributed by atoms with E-state index in [1.165, 1.54) is 44.8 Å². The van der Waals surface area contributed by atoms with E-state index in [1.54, 1.807) is 5.56 Å². The molecule has 190 valence electrons. The monoisotopic (exact) mass is 474 g/mol. The molecular formula is C28H42O6. The topological polar surface area (TPSA) is 74.2 Å². The molecule has 5 unspecified atom stereocenters. The number of ether oxygens (including phenoxy) is 4. The highest BCUT2D eigenvalue weighted by atomic mass is 16.6. The van der Waals surface area contributed by atoms with Crippen LogP contribution in [-0.2, 0) is 25.4 Å². The number of hydrogen-bond acceptors (Lipinski definition) is 6. The van der Waals surface area contributed by atoms with Crippen LogP contribution in [0.15, 0.2) is 18.2 Å². The van der Waals surface area contributed by atoms with Crippen LogP contribution in [0.25, 0.3) is 0 Å². The number of benzene rings is 1. The fraction of sp³-hybridized carbons (Fsp3) is 0.750. The van der Waals surface area contributed by atoms with Crippen molar-refractivity contribution in [2.45, 2.75) is 76.7 Å². The van der Waals surface area contributed by atoms with Crippen molar-refractivity contribution in [1.29, 1.82) is 0 Å². The van der Waals surface area contributed by atoms with Gasteiger partial charge in [-0.05, 0) is 104 Å². The van der Waals surface area contributed by atoms with Gasteiger partial charge in [-0.3, -0.25) is 0 Å². The standard InChI is InChI=1S/C28H42O6/c1-28-13-12-23-22-9-7-21(33-16-4-3-15-32-19-27(30)31-2)18-20(22)6-8-24(23)25(28)10-11-26(28)34-17-5-14-29/h7,9,18,23-26,29H,3-6,8,10-17,19H2,1-2H3. The lowest BCUT2D eigenvalue weighted by molar-refractivity contribution is -0.145. The molecule has 6 nitrogen and oxygen atoms in total. The highest BCUT2D eigenvalue weighted by Crippen LogP contribution is 2.61. The summed E-state index contributed by atoms with van der Waals surface area (Å²) in [7, 11) is 1.37. The van der Waals surface area contributed by atoms with Gasteiger partial charge in [-0.15, -0.1) is 0 Å². The third-order valence-corrected chi connectivity index (χ3v) is 8.63. The molecule has 1 aromatic rings. The number of esters is 1. The Morgan fingerprint density at radius 2 is 1.94 bits per heavy atom. The predicted octanol–water partition coefficient (Wildman–Crippen LogP) is 4.66. The van der Waals surface area contributed by atoms with E-state index in [4.69, 9.17) is 19.3 Å². The van der Waals surface area contributed by atoms with Crippen molar-refractivity contribution in [3.8, 4) is 5.75 Å². The Morgan fingerprint density at radius 1 is 1.09 bits per heavy atom. The van der Waals surface area contributed by atoms with Gasteiger partial charge in [-0.2, -0.15) is 0 Å². The number of methoxy groups -OCH3 is 1. The molecule has 0 radical (unpaired) electrons. The second-order valence-corrected chi connectivity index (χ2v) is 10.5. The van der Waals surface area contributed by atoms with Crippen molar-refractivity contribution < 1.29 is 28.8 Å². The second kappa shape index (κ2) is 11.9. The summed E-state index contributed by atoms with van der Waals surface area (Å²) in [6.07, 6.45) is 10.2. The van der Waals surface area contributed by atoms with Gasteiger partial charge in [-0.1, -0.05) is 13.0 Å². The van der Waals surface area contributed by atoms with Gasteiger partial charge in [0.05, 0.1) is 19.8 Å². The maximum atomic E-state index is 11.0. The van der Waals surface area contributed by atoms with E-state index in [0.29, 0.717) is 31.8 Å². The molecule has 4 rings (SSSR count). The predicted molar refractivity (Wildman–Crippen MR) is 130 cm³/mol. The molecule has 0 aliphatic heterocycles. The fourth-order valence-electron chi connectivity index (χ4n) is 6.87. The number of aliphatic hydroxyl groups is 1. The van der Waals surface area contributed by atoms with Gasteiger partial charge < -0.3 is 24.1 Å². The highest BCUT2D eigenvalue weighted by Gasteiger charge is 2.55. The van der Waals surface area contributed by atoms with Crippen LogP contribution >= 0.6 is 0 Å². The highest BCUT2D eigenvalue weighted by molar-refractivity contribution is 5.70. The van der Waals surface area contributed by atoms with Crippen LogP contribution < -0.4 is 4.74 Å². The number of aryl methyl sites for hydroxylation is 1. The number of aliphatic hydroxyl groups excluding tert-OH is 1. The number of rotatable bonds is 12. The maximum absolute atomic E-state index is 11.0. The summed E-state index contributed by atoms with van der Waals surface area (Å²) in [5, 5.41) is 9.11. The van der Waals surface area contributed by atoms with Crippen LogP contribution in [0.3, 0.4) is 0 Å². The van der Waals surface area contributed by atoms with E-state index in [0.717, 1.165) is 43.3 Å². The summed E-state index contributed by atoms with van der Waals surface area (Å²) < 4.78 is 22.1. The summed E-state index contributed by atoms with van der Waals surface area (Å²) in [4.78, 5) is 11.0. The van der Waals surface area contributed by atoms with Crippen molar-refractivity contribution in [1.82, 2.24) is 0 Å². The Balaban J connectivity index is 1.28.